The maximum atomic E-state index is 15.8. The predicted molar refractivity (Wildman–Crippen MR) is 158 cm³/mol. The molecule has 1 unspecified atom stereocenters. The van der Waals surface area contributed by atoms with Crippen LogP contribution in [-0.2, 0) is 0 Å². The highest BCUT2D eigenvalue weighted by Gasteiger charge is 2.36. The molecule has 3 heterocycles. The fraction of sp³-hybridized carbons (Fsp3) is 0.406. The molecule has 43 heavy (non-hydrogen) atoms. The number of carbonyl (C=O) groups is 3. The molecule has 5 rings (SSSR count). The van der Waals surface area contributed by atoms with E-state index in [1.165, 1.54) is 55.0 Å². The van der Waals surface area contributed by atoms with Crippen LogP contribution in [-0.4, -0.2) is 64.4 Å². The number of amides is 2. The summed E-state index contributed by atoms with van der Waals surface area (Å²) in [5.74, 6) is -2.57. The summed E-state index contributed by atoms with van der Waals surface area (Å²) in [6.07, 6.45) is 6.12. The molecule has 5 N–H and O–H groups in total. The molecule has 2 aliphatic heterocycles. The Hall–Kier alpha value is -4.22. The second-order valence-corrected chi connectivity index (χ2v) is 11.8. The van der Waals surface area contributed by atoms with E-state index in [0.717, 1.165) is 32.4 Å². The molecule has 0 bridgehead atoms. The lowest BCUT2D eigenvalue weighted by molar-refractivity contribution is 0.0880. The van der Waals surface area contributed by atoms with E-state index in [1.54, 1.807) is 0 Å². The first kappa shape index (κ1) is 30.2. The van der Waals surface area contributed by atoms with Gasteiger partial charge in [-0.2, -0.15) is 0 Å². The van der Waals surface area contributed by atoms with Crippen molar-refractivity contribution in [1.82, 2.24) is 31.2 Å². The van der Waals surface area contributed by atoms with Crippen molar-refractivity contribution >= 4 is 17.6 Å². The first-order chi connectivity index (χ1) is 20.7. The van der Waals surface area contributed by atoms with Gasteiger partial charge in [0.05, 0.1) is 12.1 Å². The molecule has 3 aromatic rings. The fourth-order valence-electron chi connectivity index (χ4n) is 5.97. The highest BCUT2D eigenvalue weighted by Crippen LogP contribution is 2.42. The summed E-state index contributed by atoms with van der Waals surface area (Å²) in [6.45, 7) is 6.08. The number of carbonyl (C=O) groups excluding carboxylic acids is 3. The van der Waals surface area contributed by atoms with E-state index in [9.17, 15) is 19.5 Å². The molecule has 226 valence electrons. The molecular formula is C32H37FN6O4. The molecule has 0 spiro atoms. The van der Waals surface area contributed by atoms with Crippen LogP contribution in [0.5, 0.6) is 5.75 Å². The summed E-state index contributed by atoms with van der Waals surface area (Å²) in [5.41, 5.74) is 0.424. The number of aromatic hydroxyl groups is 1. The number of hydrogen-bond acceptors (Lipinski definition) is 8. The van der Waals surface area contributed by atoms with E-state index in [-0.39, 0.29) is 52.2 Å². The molecular weight excluding hydrogens is 551 g/mol. The van der Waals surface area contributed by atoms with E-state index in [0.29, 0.717) is 24.1 Å². The molecule has 2 amide bonds. The smallest absolute Gasteiger partial charge is 0.270 e. The minimum absolute atomic E-state index is 0.146. The summed E-state index contributed by atoms with van der Waals surface area (Å²) in [6, 6.07) is 9.29. The van der Waals surface area contributed by atoms with Crippen molar-refractivity contribution in [1.29, 1.82) is 0 Å². The van der Waals surface area contributed by atoms with E-state index in [4.69, 9.17) is 0 Å². The second kappa shape index (κ2) is 13.0. The summed E-state index contributed by atoms with van der Waals surface area (Å²) in [7, 11) is 0. The quantitative estimate of drug-likeness (QED) is 0.265. The van der Waals surface area contributed by atoms with E-state index in [1.807, 2.05) is 0 Å². The van der Waals surface area contributed by atoms with E-state index >= 15 is 4.39 Å². The number of nitrogens with zero attached hydrogens (tertiary/aromatic N) is 2. The molecule has 2 fully saturated rings. The van der Waals surface area contributed by atoms with Crippen LogP contribution in [0.4, 0.5) is 4.39 Å². The number of hydrogen-bond donors (Lipinski definition) is 5. The molecule has 2 aromatic carbocycles. The number of ketones is 1. The van der Waals surface area contributed by atoms with Gasteiger partial charge < -0.3 is 26.4 Å². The third-order valence-corrected chi connectivity index (χ3v) is 8.39. The lowest BCUT2D eigenvalue weighted by Gasteiger charge is -2.40. The first-order valence-electron chi connectivity index (χ1n) is 14.6. The van der Waals surface area contributed by atoms with Gasteiger partial charge in [0.2, 0.25) is 0 Å². The summed E-state index contributed by atoms with van der Waals surface area (Å²) in [5, 5.41) is 23.1. The van der Waals surface area contributed by atoms with Gasteiger partial charge in [-0.05, 0) is 68.5 Å². The Morgan fingerprint density at radius 2 is 1.70 bits per heavy atom. The van der Waals surface area contributed by atoms with Crippen LogP contribution in [0, 0.1) is 11.2 Å². The van der Waals surface area contributed by atoms with E-state index < -0.39 is 17.3 Å². The highest BCUT2D eigenvalue weighted by atomic mass is 19.1. The van der Waals surface area contributed by atoms with Gasteiger partial charge in [-0.3, -0.25) is 14.4 Å². The van der Waals surface area contributed by atoms with Gasteiger partial charge in [-0.15, -0.1) is 0 Å². The number of piperidine rings is 1. The minimum Gasteiger partial charge on any atom is -0.507 e. The van der Waals surface area contributed by atoms with Gasteiger partial charge in [0.15, 0.2) is 5.78 Å². The first-order valence-corrected chi connectivity index (χ1v) is 14.6. The Morgan fingerprint density at radius 1 is 0.953 bits per heavy atom. The summed E-state index contributed by atoms with van der Waals surface area (Å²) >= 11 is 0. The molecule has 3 atom stereocenters. The van der Waals surface area contributed by atoms with Crippen LogP contribution in [0.2, 0.25) is 0 Å². The molecule has 0 aliphatic carbocycles. The van der Waals surface area contributed by atoms with Crippen LogP contribution in [0.25, 0.3) is 0 Å². The Kier molecular flexibility index (Phi) is 9.12. The highest BCUT2D eigenvalue weighted by molar-refractivity contribution is 6.11. The molecule has 0 radical (unpaired) electrons. The van der Waals surface area contributed by atoms with Crippen LogP contribution in [0.15, 0.2) is 55.0 Å². The lowest BCUT2D eigenvalue weighted by Crippen LogP contribution is -2.54. The largest absolute Gasteiger partial charge is 0.507 e. The number of benzene rings is 2. The standard InChI is InChI=1S/C32H37FN6O4/c1-32(2)13-4-15-36-29(32)21-10-11-25(40)26(27(21)33)28(41)19-6-8-20(9-7-19)30(42)38-22-5-3-14-34-17-24(22)39-31(43)23-12-16-35-18-37-23/h6-12,16,18,22,24,29,34,36,40H,3-5,13-15,17H2,1-2H3,(H,38,42)(H,39,43)/t22-,24-,29?/m1/s1. The van der Waals surface area contributed by atoms with Crippen LogP contribution >= 0.6 is 0 Å². The van der Waals surface area contributed by atoms with Crippen molar-refractivity contribution in [3.8, 4) is 5.75 Å². The topological polar surface area (TPSA) is 145 Å². The third kappa shape index (κ3) is 6.73. The van der Waals surface area contributed by atoms with Gasteiger partial charge in [0, 0.05) is 35.5 Å². The number of phenolic OH excluding ortho intramolecular Hbond substituents is 1. The molecule has 10 nitrogen and oxygen atoms in total. The van der Waals surface area contributed by atoms with Crippen molar-refractivity contribution in [3.05, 3.63) is 88.8 Å². The molecule has 2 aliphatic rings. The van der Waals surface area contributed by atoms with Crippen LogP contribution in [0.1, 0.15) is 87.9 Å². The summed E-state index contributed by atoms with van der Waals surface area (Å²) in [4.78, 5) is 47.2. The Balaban J connectivity index is 1.30. The zero-order valence-electron chi connectivity index (χ0n) is 24.3. The Morgan fingerprint density at radius 3 is 2.42 bits per heavy atom. The maximum Gasteiger partial charge on any atom is 0.270 e. The maximum absolute atomic E-state index is 15.8. The average Bonchev–Trinajstić information content (AvgIpc) is 3.22. The van der Waals surface area contributed by atoms with Crippen LogP contribution in [0.3, 0.4) is 0 Å². The third-order valence-electron chi connectivity index (χ3n) is 8.39. The van der Waals surface area contributed by atoms with Crippen molar-refractivity contribution in [2.75, 3.05) is 19.6 Å². The Labute approximate surface area is 249 Å². The van der Waals surface area contributed by atoms with Crippen molar-refractivity contribution in [2.45, 2.75) is 57.7 Å². The zero-order chi connectivity index (χ0) is 30.6. The van der Waals surface area contributed by atoms with Crippen molar-refractivity contribution < 1.29 is 23.9 Å². The van der Waals surface area contributed by atoms with Gasteiger partial charge in [0.1, 0.15) is 29.2 Å². The zero-order valence-corrected chi connectivity index (χ0v) is 24.3. The van der Waals surface area contributed by atoms with Gasteiger partial charge in [-0.25, -0.2) is 14.4 Å². The SMILES string of the molecule is CC1(C)CCCNC1c1ccc(O)c(C(=O)c2ccc(C(=O)N[C@@H]3CCCNC[C@H]3NC(=O)c3ccncn3)cc2)c1F. The number of nitrogens with one attached hydrogen (secondary N) is 4. The molecule has 11 heteroatoms. The number of aromatic nitrogens is 2. The predicted octanol–water partition coefficient (Wildman–Crippen LogP) is 3.28. The molecule has 0 saturated carbocycles. The average molecular weight is 589 g/mol. The lowest BCUT2D eigenvalue weighted by atomic mass is 9.74. The molecule has 2 saturated heterocycles. The van der Waals surface area contributed by atoms with Gasteiger partial charge in [0.25, 0.3) is 11.8 Å². The second-order valence-electron chi connectivity index (χ2n) is 11.8. The van der Waals surface area contributed by atoms with Crippen molar-refractivity contribution in [3.63, 3.8) is 0 Å². The van der Waals surface area contributed by atoms with Crippen molar-refractivity contribution in [2.24, 2.45) is 5.41 Å². The number of halogens is 1. The number of rotatable bonds is 7. The number of phenols is 1. The normalized spacial score (nSPS) is 21.8. The Bertz CT molecular complexity index is 1480. The summed E-state index contributed by atoms with van der Waals surface area (Å²) < 4.78 is 15.8. The van der Waals surface area contributed by atoms with Gasteiger partial charge >= 0.3 is 0 Å². The van der Waals surface area contributed by atoms with Crippen LogP contribution < -0.4 is 21.3 Å². The fourth-order valence-corrected chi connectivity index (χ4v) is 5.97. The minimum atomic E-state index is -0.740. The monoisotopic (exact) mass is 588 g/mol. The van der Waals surface area contributed by atoms with Gasteiger partial charge in [-0.1, -0.05) is 32.0 Å². The molecule has 1 aromatic heterocycles. The van der Waals surface area contributed by atoms with E-state index in [2.05, 4.69) is 45.1 Å².